The van der Waals surface area contributed by atoms with E-state index in [4.69, 9.17) is 21.8 Å². The Balaban J connectivity index is 1.57. The lowest BCUT2D eigenvalue weighted by Gasteiger charge is -2.26. The molecule has 4 aromatic carbocycles. The van der Waals surface area contributed by atoms with Crippen LogP contribution in [-0.4, -0.2) is 19.4 Å². The summed E-state index contributed by atoms with van der Waals surface area (Å²) in [6.07, 6.45) is 5.77. The normalized spacial score (nSPS) is 13.4. The fraction of sp³-hybridized carbons (Fsp3) is 0. The van der Waals surface area contributed by atoms with E-state index in [1.54, 1.807) is 0 Å². The van der Waals surface area contributed by atoms with Crippen LogP contribution in [-0.2, 0) is 11.8 Å². The van der Waals surface area contributed by atoms with Crippen LogP contribution in [0.15, 0.2) is 128 Å². The standard InChI is InChI=1S/C33H21N4PS/c39-38(23-10-2-1-3-11-23,24-16-17-27-22(19-24)9-8-18-35-27)31-21-34-20-26-32(31)25-12-4-6-14-29(25)37-30-15-7-5-13-28(30)36-33(26)37/h1-21H. The molecule has 0 aliphatic carbocycles. The van der Waals surface area contributed by atoms with Crippen molar-refractivity contribution >= 4 is 83.0 Å². The number of rotatable bonds is 3. The Kier molecular flexibility index (Phi) is 4.93. The predicted molar refractivity (Wildman–Crippen MR) is 167 cm³/mol. The predicted octanol–water partition coefficient (Wildman–Crippen LogP) is 6.49. The fourth-order valence-electron chi connectivity index (χ4n) is 5.80. The Morgan fingerprint density at radius 1 is 0.641 bits per heavy atom. The summed E-state index contributed by atoms with van der Waals surface area (Å²) < 4.78 is 2.26. The van der Waals surface area contributed by atoms with Crippen molar-refractivity contribution in [2.24, 2.45) is 0 Å². The minimum absolute atomic E-state index is 0.900. The number of imidazole rings is 1. The summed E-state index contributed by atoms with van der Waals surface area (Å²) in [7, 11) is 0. The molecule has 4 nitrogen and oxygen atoms in total. The van der Waals surface area contributed by atoms with Gasteiger partial charge in [-0.25, -0.2) is 4.98 Å². The summed E-state index contributed by atoms with van der Waals surface area (Å²) >= 11 is 6.87. The van der Waals surface area contributed by atoms with Crippen LogP contribution in [0.4, 0.5) is 0 Å². The monoisotopic (exact) mass is 536 g/mol. The van der Waals surface area contributed by atoms with E-state index in [0.717, 1.165) is 65.2 Å². The van der Waals surface area contributed by atoms with E-state index in [2.05, 4.69) is 100 Å². The van der Waals surface area contributed by atoms with Gasteiger partial charge in [0.2, 0.25) is 0 Å². The Bertz CT molecular complexity index is 2270. The van der Waals surface area contributed by atoms with Gasteiger partial charge < -0.3 is 0 Å². The summed E-state index contributed by atoms with van der Waals surface area (Å²) in [4.78, 5) is 14.5. The SMILES string of the molecule is S=P(c1ccccc1)(c1ccc2ncccc2c1)c1cncc2c1c1ccccc1n1c3ccccc3nc21. The molecule has 6 heteroatoms. The molecule has 0 bridgehead atoms. The van der Waals surface area contributed by atoms with E-state index in [9.17, 15) is 0 Å². The molecule has 0 aliphatic rings. The molecule has 0 spiro atoms. The second kappa shape index (κ2) is 8.54. The van der Waals surface area contributed by atoms with Gasteiger partial charge in [-0.3, -0.25) is 14.4 Å². The zero-order valence-corrected chi connectivity index (χ0v) is 22.5. The third-order valence-electron chi connectivity index (χ3n) is 7.55. The lowest BCUT2D eigenvalue weighted by Crippen LogP contribution is -2.26. The number of pyridine rings is 3. The second-order valence-electron chi connectivity index (χ2n) is 9.68. The first kappa shape index (κ1) is 22.5. The van der Waals surface area contributed by atoms with Crippen molar-refractivity contribution in [1.82, 2.24) is 19.4 Å². The number of para-hydroxylation sites is 3. The molecule has 0 fully saturated rings. The van der Waals surface area contributed by atoms with Gasteiger partial charge in [0, 0.05) is 51.5 Å². The molecule has 8 aromatic rings. The van der Waals surface area contributed by atoms with Crippen LogP contribution in [0.25, 0.3) is 49.3 Å². The zero-order chi connectivity index (χ0) is 26.0. The highest BCUT2D eigenvalue weighted by molar-refractivity contribution is 8.25. The van der Waals surface area contributed by atoms with Crippen LogP contribution in [0.2, 0.25) is 0 Å². The molecular weight excluding hydrogens is 515 g/mol. The van der Waals surface area contributed by atoms with Crippen LogP contribution >= 0.6 is 6.04 Å². The molecule has 0 saturated carbocycles. The summed E-state index contributed by atoms with van der Waals surface area (Å²) in [6.45, 7) is 0. The maximum Gasteiger partial charge on any atom is 0.147 e. The Labute approximate surface area is 229 Å². The first-order valence-electron chi connectivity index (χ1n) is 12.8. The molecule has 0 amide bonds. The van der Waals surface area contributed by atoms with Crippen molar-refractivity contribution < 1.29 is 0 Å². The van der Waals surface area contributed by atoms with Crippen LogP contribution < -0.4 is 15.9 Å². The van der Waals surface area contributed by atoms with Gasteiger partial charge in [-0.15, -0.1) is 0 Å². The second-order valence-corrected chi connectivity index (χ2v) is 14.1. The Hall–Kier alpha value is -4.44. The molecule has 4 heterocycles. The summed E-state index contributed by atoms with van der Waals surface area (Å²) in [5.41, 5.74) is 5.02. The van der Waals surface area contributed by atoms with Gasteiger partial charge in [-0.2, -0.15) is 0 Å². The largest absolute Gasteiger partial charge is 0.292 e. The molecule has 0 radical (unpaired) electrons. The molecule has 39 heavy (non-hydrogen) atoms. The fourth-order valence-corrected chi connectivity index (χ4v) is 9.75. The number of benzene rings is 4. The van der Waals surface area contributed by atoms with Gasteiger partial charge in [-0.1, -0.05) is 84.6 Å². The smallest absolute Gasteiger partial charge is 0.147 e. The van der Waals surface area contributed by atoms with Gasteiger partial charge >= 0.3 is 0 Å². The molecule has 8 rings (SSSR count). The molecular formula is C33H21N4PS. The number of aromatic nitrogens is 4. The van der Waals surface area contributed by atoms with Crippen molar-refractivity contribution in [3.8, 4) is 0 Å². The summed E-state index contributed by atoms with van der Waals surface area (Å²) in [6, 6.07) is 35.4. The Morgan fingerprint density at radius 2 is 1.44 bits per heavy atom. The maximum absolute atomic E-state index is 6.87. The molecule has 4 aromatic heterocycles. The van der Waals surface area contributed by atoms with Crippen molar-refractivity contribution in [1.29, 1.82) is 0 Å². The van der Waals surface area contributed by atoms with Crippen LogP contribution in [0.3, 0.4) is 0 Å². The van der Waals surface area contributed by atoms with Crippen LogP contribution in [0.5, 0.6) is 0 Å². The van der Waals surface area contributed by atoms with Gasteiger partial charge in [0.1, 0.15) is 5.65 Å². The van der Waals surface area contributed by atoms with Gasteiger partial charge in [0.15, 0.2) is 0 Å². The van der Waals surface area contributed by atoms with E-state index in [0.29, 0.717) is 0 Å². The van der Waals surface area contributed by atoms with Crippen LogP contribution in [0.1, 0.15) is 0 Å². The topological polar surface area (TPSA) is 43.1 Å². The first-order valence-corrected chi connectivity index (χ1v) is 15.6. The quantitative estimate of drug-likeness (QED) is 0.191. The van der Waals surface area contributed by atoms with E-state index in [-0.39, 0.29) is 0 Å². The van der Waals surface area contributed by atoms with Crippen molar-refractivity contribution in [3.63, 3.8) is 0 Å². The number of fused-ring (bicyclic) bond motifs is 9. The number of hydrogen-bond acceptors (Lipinski definition) is 4. The van der Waals surface area contributed by atoms with Crippen molar-refractivity contribution in [3.05, 3.63) is 128 Å². The summed E-state index contributed by atoms with van der Waals surface area (Å²) in [5.74, 6) is 0. The average Bonchev–Trinajstić information content (AvgIpc) is 3.41. The van der Waals surface area contributed by atoms with Gasteiger partial charge in [0.25, 0.3) is 0 Å². The van der Waals surface area contributed by atoms with Crippen molar-refractivity contribution in [2.45, 2.75) is 0 Å². The minimum Gasteiger partial charge on any atom is -0.292 e. The van der Waals surface area contributed by atoms with Crippen molar-refractivity contribution in [2.75, 3.05) is 0 Å². The molecule has 0 N–H and O–H groups in total. The summed E-state index contributed by atoms with van der Waals surface area (Å²) in [5, 5.41) is 7.70. The van der Waals surface area contributed by atoms with E-state index in [1.165, 1.54) is 0 Å². The van der Waals surface area contributed by atoms with Gasteiger partial charge in [0.05, 0.1) is 22.1 Å². The Morgan fingerprint density at radius 3 is 2.33 bits per heavy atom. The van der Waals surface area contributed by atoms with E-state index < -0.39 is 6.04 Å². The molecule has 0 saturated heterocycles. The third-order valence-corrected chi connectivity index (χ3v) is 12.5. The lowest BCUT2D eigenvalue weighted by atomic mass is 10.1. The minimum atomic E-state index is -2.54. The zero-order valence-electron chi connectivity index (χ0n) is 20.8. The highest BCUT2D eigenvalue weighted by atomic mass is 32.4. The van der Waals surface area contributed by atoms with Crippen LogP contribution in [0, 0.1) is 0 Å². The highest BCUT2D eigenvalue weighted by Gasteiger charge is 2.29. The first-order chi connectivity index (χ1) is 19.2. The molecule has 1 unspecified atom stereocenters. The van der Waals surface area contributed by atoms with E-state index in [1.807, 2.05) is 36.8 Å². The van der Waals surface area contributed by atoms with E-state index >= 15 is 0 Å². The lowest BCUT2D eigenvalue weighted by molar-refractivity contribution is 1.30. The molecule has 184 valence electrons. The molecule has 0 aliphatic heterocycles. The highest BCUT2D eigenvalue weighted by Crippen LogP contribution is 2.46. The third kappa shape index (κ3) is 3.24. The average molecular weight is 537 g/mol. The number of nitrogens with zero attached hydrogens (tertiary/aromatic N) is 4. The maximum atomic E-state index is 6.87. The van der Waals surface area contributed by atoms with Gasteiger partial charge in [-0.05, 0) is 47.0 Å². The number of hydrogen-bond donors (Lipinski definition) is 0. The molecule has 1 atom stereocenters.